The number of pyridine rings is 2. The van der Waals surface area contributed by atoms with Crippen molar-refractivity contribution in [1.82, 2.24) is 14.9 Å². The fourth-order valence-electron chi connectivity index (χ4n) is 5.30. The highest BCUT2D eigenvalue weighted by molar-refractivity contribution is 5.78. The minimum absolute atomic E-state index is 0.0233. The number of amides is 1. The maximum atomic E-state index is 13.1. The Morgan fingerprint density at radius 3 is 2.50 bits per heavy atom. The molecule has 2 aromatic rings. The molecule has 0 spiro atoms. The number of halogens is 3. The number of nitrogens with zero attached hydrogens (tertiary/aromatic N) is 5. The van der Waals surface area contributed by atoms with Crippen LogP contribution in [0.1, 0.15) is 43.2 Å². The largest absolute Gasteiger partial charge is 0.482 e. The fraction of sp³-hybridized carbons (Fsp3) is 0.520. The number of anilines is 1. The van der Waals surface area contributed by atoms with Gasteiger partial charge in [0.25, 0.3) is 0 Å². The summed E-state index contributed by atoms with van der Waals surface area (Å²) in [5.74, 6) is 0.733. The Labute approximate surface area is 206 Å². The molecule has 0 aromatic carbocycles. The predicted molar refractivity (Wildman–Crippen MR) is 122 cm³/mol. The van der Waals surface area contributed by atoms with E-state index in [2.05, 4.69) is 20.9 Å². The van der Waals surface area contributed by atoms with Crippen molar-refractivity contribution in [3.63, 3.8) is 0 Å². The second-order valence-corrected chi connectivity index (χ2v) is 9.56. The zero-order chi connectivity index (χ0) is 25.3. The van der Waals surface area contributed by atoms with Crippen LogP contribution in [0.2, 0.25) is 0 Å². The molecule has 5 rings (SSSR count). The monoisotopic (exact) mass is 501 g/mol. The van der Waals surface area contributed by atoms with Crippen molar-refractivity contribution in [3.05, 3.63) is 47.9 Å². The number of nitriles is 1. The van der Waals surface area contributed by atoms with Crippen LogP contribution < -0.4 is 9.64 Å². The van der Waals surface area contributed by atoms with E-state index in [0.717, 1.165) is 25.1 Å². The van der Waals surface area contributed by atoms with Crippen LogP contribution in [0.15, 0.2) is 36.8 Å². The summed E-state index contributed by atoms with van der Waals surface area (Å²) >= 11 is 0. The lowest BCUT2D eigenvalue weighted by molar-refractivity contribution is -0.155. The maximum absolute atomic E-state index is 13.1. The van der Waals surface area contributed by atoms with E-state index >= 15 is 0 Å². The molecule has 4 heterocycles. The Morgan fingerprint density at radius 2 is 1.92 bits per heavy atom. The molecule has 3 fully saturated rings. The SMILES string of the molecule is N#Cc1ccc(N2C3CCC2CN(C(=O)COC2(c4cncc(OCC(F)(F)F)c4)CCC2)C3)nc1. The molecule has 3 aliphatic rings. The summed E-state index contributed by atoms with van der Waals surface area (Å²) in [6, 6.07) is 7.50. The first-order valence-electron chi connectivity index (χ1n) is 12.0. The maximum Gasteiger partial charge on any atom is 0.422 e. The van der Waals surface area contributed by atoms with Crippen LogP contribution in [0.4, 0.5) is 19.0 Å². The second-order valence-electron chi connectivity index (χ2n) is 9.56. The topological polar surface area (TPSA) is 91.6 Å². The molecule has 190 valence electrons. The van der Waals surface area contributed by atoms with Gasteiger partial charge in [0.05, 0.1) is 17.4 Å². The standard InChI is InChI=1S/C25H26F3N5O3/c26-25(27,28)16-35-21-8-18(11-30-12-21)24(6-1-7-24)36-15-23(34)32-13-19-3-4-20(14-32)33(19)22-5-2-17(9-29)10-31-22/h2,5,8,10-12,19-20H,1,3-4,6-7,13-16H2. The third kappa shape index (κ3) is 4.95. The number of likely N-dealkylation sites (tertiary alicyclic amines) is 1. The van der Waals surface area contributed by atoms with E-state index in [9.17, 15) is 18.0 Å². The highest BCUT2D eigenvalue weighted by atomic mass is 19.4. The number of alkyl halides is 3. The first-order valence-corrected chi connectivity index (χ1v) is 12.0. The van der Waals surface area contributed by atoms with Crippen molar-refractivity contribution in [2.75, 3.05) is 31.2 Å². The third-order valence-corrected chi connectivity index (χ3v) is 7.25. The molecule has 2 bridgehead atoms. The number of carbonyl (C=O) groups is 1. The van der Waals surface area contributed by atoms with Gasteiger partial charge in [-0.1, -0.05) is 0 Å². The summed E-state index contributed by atoms with van der Waals surface area (Å²) in [7, 11) is 0. The second kappa shape index (κ2) is 9.58. The van der Waals surface area contributed by atoms with Crippen LogP contribution in [0.5, 0.6) is 5.75 Å². The van der Waals surface area contributed by atoms with Crippen LogP contribution in [-0.4, -0.2) is 65.3 Å². The molecule has 2 saturated heterocycles. The van der Waals surface area contributed by atoms with Gasteiger partial charge in [-0.05, 0) is 50.3 Å². The number of hydrogen-bond acceptors (Lipinski definition) is 7. The molecule has 1 amide bonds. The van der Waals surface area contributed by atoms with Crippen LogP contribution in [0.3, 0.4) is 0 Å². The molecule has 2 aromatic heterocycles. The number of rotatable bonds is 7. The summed E-state index contributed by atoms with van der Waals surface area (Å²) in [5, 5.41) is 9.01. The van der Waals surface area contributed by atoms with Crippen molar-refractivity contribution in [2.24, 2.45) is 0 Å². The Kier molecular flexibility index (Phi) is 6.47. The normalized spacial score (nSPS) is 22.6. The summed E-state index contributed by atoms with van der Waals surface area (Å²) in [6.45, 7) is -0.371. The van der Waals surface area contributed by atoms with E-state index in [1.807, 2.05) is 11.0 Å². The van der Waals surface area contributed by atoms with Crippen molar-refractivity contribution in [2.45, 2.75) is 56.0 Å². The number of fused-ring (bicyclic) bond motifs is 2. The van der Waals surface area contributed by atoms with Gasteiger partial charge in [0.2, 0.25) is 5.91 Å². The smallest absolute Gasteiger partial charge is 0.422 e. The van der Waals surface area contributed by atoms with Crippen LogP contribution in [0, 0.1) is 11.3 Å². The molecule has 8 nitrogen and oxygen atoms in total. The Bertz CT molecular complexity index is 1130. The zero-order valence-corrected chi connectivity index (χ0v) is 19.6. The molecule has 1 aliphatic carbocycles. The summed E-state index contributed by atoms with van der Waals surface area (Å²) in [6.07, 6.45) is 4.06. The van der Waals surface area contributed by atoms with Gasteiger partial charge in [0, 0.05) is 43.1 Å². The molecule has 11 heteroatoms. The molecular weight excluding hydrogens is 475 g/mol. The number of aromatic nitrogens is 2. The number of hydrogen-bond donors (Lipinski definition) is 0. The zero-order valence-electron chi connectivity index (χ0n) is 19.6. The highest BCUT2D eigenvalue weighted by Gasteiger charge is 2.44. The van der Waals surface area contributed by atoms with Gasteiger partial charge < -0.3 is 19.3 Å². The predicted octanol–water partition coefficient (Wildman–Crippen LogP) is 3.56. The lowest BCUT2D eigenvalue weighted by Crippen LogP contribution is -2.56. The van der Waals surface area contributed by atoms with E-state index in [0.29, 0.717) is 37.1 Å². The van der Waals surface area contributed by atoms with E-state index in [-0.39, 0.29) is 30.3 Å². The van der Waals surface area contributed by atoms with E-state index in [4.69, 9.17) is 14.7 Å². The van der Waals surface area contributed by atoms with Crippen LogP contribution in [-0.2, 0) is 15.1 Å². The van der Waals surface area contributed by atoms with Crippen molar-refractivity contribution < 1.29 is 27.4 Å². The lowest BCUT2D eigenvalue weighted by Gasteiger charge is -2.44. The minimum Gasteiger partial charge on any atom is -0.482 e. The summed E-state index contributed by atoms with van der Waals surface area (Å²) in [4.78, 5) is 25.6. The summed E-state index contributed by atoms with van der Waals surface area (Å²) in [5.41, 5.74) is 0.389. The quantitative estimate of drug-likeness (QED) is 0.573. The van der Waals surface area contributed by atoms with Gasteiger partial charge in [0.15, 0.2) is 6.61 Å². The van der Waals surface area contributed by atoms with Crippen LogP contribution in [0.25, 0.3) is 0 Å². The molecule has 2 unspecified atom stereocenters. The first kappa shape index (κ1) is 24.3. The number of carbonyl (C=O) groups excluding carboxylic acids is 1. The lowest BCUT2D eigenvalue weighted by atomic mass is 9.75. The van der Waals surface area contributed by atoms with E-state index < -0.39 is 18.4 Å². The van der Waals surface area contributed by atoms with E-state index in [1.54, 1.807) is 18.5 Å². The van der Waals surface area contributed by atoms with E-state index in [1.165, 1.54) is 12.3 Å². The molecule has 0 radical (unpaired) electrons. The molecular formula is C25H26F3N5O3. The highest BCUT2D eigenvalue weighted by Crippen LogP contribution is 2.45. The Morgan fingerprint density at radius 1 is 1.17 bits per heavy atom. The van der Waals surface area contributed by atoms with Crippen LogP contribution >= 0.6 is 0 Å². The fourth-order valence-corrected chi connectivity index (χ4v) is 5.30. The van der Waals surface area contributed by atoms with Gasteiger partial charge in [-0.2, -0.15) is 18.4 Å². The number of piperazine rings is 1. The first-order chi connectivity index (χ1) is 17.3. The third-order valence-electron chi connectivity index (χ3n) is 7.25. The molecule has 1 saturated carbocycles. The van der Waals surface area contributed by atoms with Gasteiger partial charge in [-0.15, -0.1) is 0 Å². The van der Waals surface area contributed by atoms with Crippen molar-refractivity contribution in [3.8, 4) is 11.8 Å². The molecule has 2 atom stereocenters. The van der Waals surface area contributed by atoms with Gasteiger partial charge in [-0.3, -0.25) is 9.78 Å². The molecule has 0 N–H and O–H groups in total. The number of ether oxygens (including phenoxy) is 2. The summed E-state index contributed by atoms with van der Waals surface area (Å²) < 4.78 is 48.5. The van der Waals surface area contributed by atoms with Gasteiger partial charge in [-0.25, -0.2) is 4.98 Å². The van der Waals surface area contributed by atoms with Gasteiger partial charge in [0.1, 0.15) is 24.2 Å². The molecule has 2 aliphatic heterocycles. The molecule has 36 heavy (non-hydrogen) atoms. The average Bonchev–Trinajstić information content (AvgIpc) is 3.10. The van der Waals surface area contributed by atoms with Crippen molar-refractivity contribution in [1.29, 1.82) is 5.26 Å². The van der Waals surface area contributed by atoms with Gasteiger partial charge >= 0.3 is 6.18 Å². The Balaban J connectivity index is 1.20. The van der Waals surface area contributed by atoms with Crippen molar-refractivity contribution >= 4 is 11.7 Å². The minimum atomic E-state index is -4.44. The Hall–Kier alpha value is -3.39. The average molecular weight is 502 g/mol.